The standard InChI is InChI=1S/C19H17NO2.C6H16NO2P/c1-20-16-6-12-19(13-7-16)22-18-10-4-15(5-11-18)14-2-8-17(21)9-3-14;1-6(7,4-8)5-9-10(2)3/h2-13,20-21H,1H3;8H,4-5,7H2,1-3H3/t;6-/m.1/s1. The Morgan fingerprint density at radius 1 is 0.875 bits per heavy atom. The zero-order valence-corrected chi connectivity index (χ0v) is 20.0. The maximum absolute atomic E-state index is 9.32. The molecule has 0 spiro atoms. The van der Waals surface area contributed by atoms with E-state index in [1.54, 1.807) is 19.1 Å². The Morgan fingerprint density at radius 3 is 1.78 bits per heavy atom. The lowest BCUT2D eigenvalue weighted by Crippen LogP contribution is -2.44. The average molecular weight is 457 g/mol. The second-order valence-corrected chi connectivity index (χ2v) is 9.73. The van der Waals surface area contributed by atoms with Gasteiger partial charge in [-0.25, -0.2) is 0 Å². The fourth-order valence-electron chi connectivity index (χ4n) is 2.52. The van der Waals surface area contributed by atoms with Crippen LogP contribution in [0, 0.1) is 0 Å². The van der Waals surface area contributed by atoms with Gasteiger partial charge in [0.05, 0.1) is 18.8 Å². The van der Waals surface area contributed by atoms with Gasteiger partial charge in [0.1, 0.15) is 17.2 Å². The molecule has 0 aliphatic carbocycles. The van der Waals surface area contributed by atoms with Crippen molar-refractivity contribution < 1.29 is 19.5 Å². The zero-order valence-electron chi connectivity index (χ0n) is 19.1. The number of hydrogen-bond acceptors (Lipinski definition) is 6. The molecular formula is C25H33N2O4P. The molecule has 0 unspecified atom stereocenters. The summed E-state index contributed by atoms with van der Waals surface area (Å²) in [6.07, 6.45) is 0. The lowest BCUT2D eigenvalue weighted by Gasteiger charge is -2.22. The molecule has 0 aliphatic rings. The van der Waals surface area contributed by atoms with Crippen molar-refractivity contribution in [2.24, 2.45) is 5.73 Å². The summed E-state index contributed by atoms with van der Waals surface area (Å²) in [4.78, 5) is 0. The van der Waals surface area contributed by atoms with Gasteiger partial charge in [-0.2, -0.15) is 0 Å². The lowest BCUT2D eigenvalue weighted by molar-refractivity contribution is 0.154. The van der Waals surface area contributed by atoms with E-state index in [4.69, 9.17) is 20.1 Å². The van der Waals surface area contributed by atoms with Crippen LogP contribution in [0.3, 0.4) is 0 Å². The van der Waals surface area contributed by atoms with E-state index in [0.717, 1.165) is 28.3 Å². The van der Waals surface area contributed by atoms with Crippen molar-refractivity contribution in [3.05, 3.63) is 72.8 Å². The molecule has 0 saturated heterocycles. The second-order valence-electron chi connectivity index (χ2n) is 7.85. The van der Waals surface area contributed by atoms with E-state index in [2.05, 4.69) is 5.32 Å². The maximum atomic E-state index is 9.32. The normalized spacial score (nSPS) is 12.5. The molecule has 3 aromatic rings. The lowest BCUT2D eigenvalue weighted by atomic mass is 10.1. The fraction of sp³-hybridized carbons (Fsp3) is 0.280. The third-order valence-electron chi connectivity index (χ3n) is 4.45. The molecule has 5 N–H and O–H groups in total. The van der Waals surface area contributed by atoms with Gasteiger partial charge in [-0.3, -0.25) is 0 Å². The van der Waals surface area contributed by atoms with Gasteiger partial charge in [0.25, 0.3) is 0 Å². The molecule has 0 radical (unpaired) electrons. The Morgan fingerprint density at radius 2 is 1.34 bits per heavy atom. The quantitative estimate of drug-likeness (QED) is 0.345. The van der Waals surface area contributed by atoms with E-state index in [9.17, 15) is 5.11 Å². The number of anilines is 1. The number of nitrogens with one attached hydrogen (secondary N) is 1. The highest BCUT2D eigenvalue weighted by Gasteiger charge is 2.17. The molecule has 172 valence electrons. The van der Waals surface area contributed by atoms with E-state index in [-0.39, 0.29) is 20.5 Å². The van der Waals surface area contributed by atoms with Crippen LogP contribution in [0.4, 0.5) is 5.69 Å². The highest BCUT2D eigenvalue weighted by Crippen LogP contribution is 2.28. The SMILES string of the molecule is CNc1ccc(Oc2ccc(-c3ccc(O)cc3)cc2)cc1.CP(C)OC[C@](C)(N)CO. The maximum Gasteiger partial charge on any atom is 0.127 e. The highest BCUT2D eigenvalue weighted by molar-refractivity contribution is 7.50. The van der Waals surface area contributed by atoms with Gasteiger partial charge < -0.3 is 30.5 Å². The predicted octanol–water partition coefficient (Wildman–Crippen LogP) is 5.26. The van der Waals surface area contributed by atoms with Crippen LogP contribution in [0.1, 0.15) is 6.92 Å². The van der Waals surface area contributed by atoms with Gasteiger partial charge in [0.15, 0.2) is 0 Å². The number of phenols is 1. The minimum absolute atomic E-state index is 0.0316. The summed E-state index contributed by atoms with van der Waals surface area (Å²) in [7, 11) is 1.53. The molecule has 0 aliphatic heterocycles. The largest absolute Gasteiger partial charge is 0.508 e. The van der Waals surface area contributed by atoms with E-state index in [1.807, 2.05) is 81.0 Å². The number of phenolic OH excluding ortho intramolecular Hbond substituents is 1. The first-order valence-electron chi connectivity index (χ1n) is 10.3. The number of aliphatic hydroxyl groups is 1. The third kappa shape index (κ3) is 8.85. The van der Waals surface area contributed by atoms with Crippen molar-refractivity contribution in [2.45, 2.75) is 12.5 Å². The summed E-state index contributed by atoms with van der Waals surface area (Å²) in [5.41, 5.74) is 8.21. The first-order valence-corrected chi connectivity index (χ1v) is 12.4. The van der Waals surface area contributed by atoms with Crippen LogP contribution in [-0.2, 0) is 4.52 Å². The number of aromatic hydroxyl groups is 1. The molecule has 32 heavy (non-hydrogen) atoms. The van der Waals surface area contributed by atoms with Gasteiger partial charge in [-0.15, -0.1) is 0 Å². The van der Waals surface area contributed by atoms with Gasteiger partial charge in [-0.05, 0) is 79.9 Å². The molecule has 0 saturated carbocycles. The fourth-order valence-corrected chi connectivity index (χ4v) is 3.07. The Kier molecular flexibility index (Phi) is 9.95. The molecule has 0 fully saturated rings. The van der Waals surface area contributed by atoms with Crippen LogP contribution < -0.4 is 15.8 Å². The average Bonchev–Trinajstić information content (AvgIpc) is 2.80. The minimum Gasteiger partial charge on any atom is -0.508 e. The summed E-state index contributed by atoms with van der Waals surface area (Å²) < 4.78 is 11.1. The second kappa shape index (κ2) is 12.4. The molecule has 6 nitrogen and oxygen atoms in total. The Balaban J connectivity index is 0.000000309. The molecule has 0 amide bonds. The first-order chi connectivity index (χ1) is 15.2. The molecule has 0 aromatic heterocycles. The number of ether oxygens (including phenoxy) is 1. The monoisotopic (exact) mass is 456 g/mol. The third-order valence-corrected chi connectivity index (χ3v) is 5.09. The number of aliphatic hydroxyl groups excluding tert-OH is 1. The highest BCUT2D eigenvalue weighted by atomic mass is 31.1. The number of hydrogen-bond donors (Lipinski definition) is 4. The van der Waals surface area contributed by atoms with Crippen LogP contribution in [0.5, 0.6) is 17.2 Å². The Labute approximate surface area is 191 Å². The summed E-state index contributed by atoms with van der Waals surface area (Å²) in [6, 6.07) is 22.8. The molecule has 0 heterocycles. The molecular weight excluding hydrogens is 423 g/mol. The first kappa shape index (κ1) is 25.6. The Hall–Kier alpha value is -2.63. The molecule has 3 aromatic carbocycles. The van der Waals surface area contributed by atoms with Crippen LogP contribution in [0.25, 0.3) is 11.1 Å². The van der Waals surface area contributed by atoms with Crippen LogP contribution in [0.2, 0.25) is 0 Å². The molecule has 7 heteroatoms. The van der Waals surface area contributed by atoms with Crippen molar-refractivity contribution in [3.8, 4) is 28.4 Å². The Bertz CT molecular complexity index is 928. The predicted molar refractivity (Wildman–Crippen MR) is 134 cm³/mol. The number of rotatable bonds is 8. The van der Waals surface area contributed by atoms with Crippen molar-refractivity contribution in [2.75, 3.05) is 38.9 Å². The van der Waals surface area contributed by atoms with Gasteiger partial charge in [-0.1, -0.05) is 24.3 Å². The van der Waals surface area contributed by atoms with Crippen LogP contribution in [-0.4, -0.2) is 49.3 Å². The number of benzene rings is 3. The topological polar surface area (TPSA) is 97.0 Å². The molecule has 0 bridgehead atoms. The summed E-state index contributed by atoms with van der Waals surface area (Å²) >= 11 is 0. The smallest absolute Gasteiger partial charge is 0.127 e. The van der Waals surface area contributed by atoms with E-state index < -0.39 is 5.54 Å². The molecule has 3 rings (SSSR count). The van der Waals surface area contributed by atoms with Crippen molar-refractivity contribution in [1.82, 2.24) is 0 Å². The minimum atomic E-state index is -0.577. The summed E-state index contributed by atoms with van der Waals surface area (Å²) in [5.74, 6) is 1.87. The van der Waals surface area contributed by atoms with Crippen molar-refractivity contribution in [3.63, 3.8) is 0 Å². The molecule has 1 atom stereocenters. The van der Waals surface area contributed by atoms with E-state index in [0.29, 0.717) is 6.61 Å². The van der Waals surface area contributed by atoms with Crippen molar-refractivity contribution in [1.29, 1.82) is 0 Å². The zero-order chi connectivity index (χ0) is 23.6. The summed E-state index contributed by atoms with van der Waals surface area (Å²) in [6.45, 7) is 6.18. The van der Waals surface area contributed by atoms with Gasteiger partial charge >= 0.3 is 0 Å². The van der Waals surface area contributed by atoms with Gasteiger partial charge in [0, 0.05) is 20.9 Å². The van der Waals surface area contributed by atoms with Crippen LogP contribution in [0.15, 0.2) is 72.8 Å². The van der Waals surface area contributed by atoms with Crippen LogP contribution >= 0.6 is 8.15 Å². The van der Waals surface area contributed by atoms with Gasteiger partial charge in [0.2, 0.25) is 0 Å². The summed E-state index contributed by atoms with van der Waals surface area (Å²) in [5, 5.41) is 21.1. The number of nitrogens with two attached hydrogens (primary N) is 1. The van der Waals surface area contributed by atoms with E-state index in [1.165, 1.54) is 0 Å². The van der Waals surface area contributed by atoms with Crippen molar-refractivity contribution >= 4 is 13.8 Å². The van der Waals surface area contributed by atoms with E-state index >= 15 is 0 Å².